The average molecular weight is 261 g/mol. The molecule has 0 bridgehead atoms. The second-order valence-corrected chi connectivity index (χ2v) is 5.25. The number of halogens is 1. The molecule has 0 radical (unpaired) electrons. The summed E-state index contributed by atoms with van der Waals surface area (Å²) in [5.74, 6) is 0.546. The smallest absolute Gasteiger partial charge is 0.0997 e. The van der Waals surface area contributed by atoms with Gasteiger partial charge in [-0.05, 0) is 44.2 Å². The van der Waals surface area contributed by atoms with E-state index in [1.807, 2.05) is 6.33 Å². The fraction of sp³-hybridized carbons (Fsp3) is 0.400. The van der Waals surface area contributed by atoms with Crippen LogP contribution in [0.15, 0.2) is 24.5 Å². The average Bonchev–Trinajstić information content (AvgIpc) is 2.82. The maximum Gasteiger partial charge on any atom is 0.0997 e. The third-order valence-electron chi connectivity index (χ3n) is 3.67. The molecule has 0 amide bonds. The predicted molar refractivity (Wildman–Crippen MR) is 74.5 cm³/mol. The van der Waals surface area contributed by atoms with Gasteiger partial charge < -0.3 is 4.57 Å². The summed E-state index contributed by atoms with van der Waals surface area (Å²) in [5, 5.41) is 0. The van der Waals surface area contributed by atoms with Crippen molar-refractivity contribution in [1.82, 2.24) is 9.55 Å². The number of aryl methyl sites for hydroxylation is 2. The largest absolute Gasteiger partial charge is 0.303 e. The predicted octanol–water partition coefficient (Wildman–Crippen LogP) is 3.80. The van der Waals surface area contributed by atoms with Crippen LogP contribution in [-0.2, 0) is 18.7 Å². The monoisotopic (exact) mass is 260 g/mol. The summed E-state index contributed by atoms with van der Waals surface area (Å²) in [4.78, 5) is 4.55. The Labute approximate surface area is 113 Å². The van der Waals surface area contributed by atoms with Crippen molar-refractivity contribution in [3.63, 3.8) is 0 Å². The quantitative estimate of drug-likeness (QED) is 0.751. The normalized spacial score (nSPS) is 14.6. The number of hydrogen-bond donors (Lipinski definition) is 0. The van der Waals surface area contributed by atoms with Crippen molar-refractivity contribution >= 4 is 11.6 Å². The minimum atomic E-state index is 0.546. The maximum absolute atomic E-state index is 6.07. The maximum atomic E-state index is 6.07. The zero-order valence-corrected chi connectivity index (χ0v) is 11.4. The van der Waals surface area contributed by atoms with Gasteiger partial charge in [-0.25, -0.2) is 4.98 Å². The van der Waals surface area contributed by atoms with Crippen LogP contribution in [0.5, 0.6) is 0 Å². The van der Waals surface area contributed by atoms with E-state index in [1.165, 1.54) is 41.0 Å². The number of rotatable bonds is 2. The summed E-state index contributed by atoms with van der Waals surface area (Å²) in [6.07, 6.45) is 6.73. The summed E-state index contributed by atoms with van der Waals surface area (Å²) in [6, 6.07) is 6.46. The van der Waals surface area contributed by atoms with Gasteiger partial charge in [0.25, 0.3) is 0 Å². The molecular weight excluding hydrogens is 244 g/mol. The Bertz CT molecular complexity index is 572. The molecule has 3 heteroatoms. The summed E-state index contributed by atoms with van der Waals surface area (Å²) in [6.45, 7) is 2.10. The molecule has 1 aliphatic rings. The molecule has 1 aromatic carbocycles. The molecule has 1 aromatic heterocycles. The highest BCUT2D eigenvalue weighted by Gasteiger charge is 2.17. The summed E-state index contributed by atoms with van der Waals surface area (Å²) in [5.41, 5.74) is 6.26. The van der Waals surface area contributed by atoms with Gasteiger partial charge in [0.2, 0.25) is 0 Å². The van der Waals surface area contributed by atoms with Crippen molar-refractivity contribution in [3.05, 3.63) is 47.0 Å². The molecule has 0 aliphatic heterocycles. The van der Waals surface area contributed by atoms with Gasteiger partial charge in [-0.3, -0.25) is 0 Å². The van der Waals surface area contributed by atoms with E-state index in [0.717, 1.165) is 12.8 Å². The molecule has 0 unspecified atom stereocenters. The Morgan fingerprint density at radius 2 is 2.11 bits per heavy atom. The first kappa shape index (κ1) is 11.8. The van der Waals surface area contributed by atoms with E-state index < -0.39 is 0 Å². The van der Waals surface area contributed by atoms with E-state index in [0.29, 0.717) is 5.88 Å². The van der Waals surface area contributed by atoms with Crippen molar-refractivity contribution in [3.8, 4) is 5.69 Å². The minimum Gasteiger partial charge on any atom is -0.303 e. The Balaban J connectivity index is 2.12. The highest BCUT2D eigenvalue weighted by molar-refractivity contribution is 6.17. The minimum absolute atomic E-state index is 0.546. The lowest BCUT2D eigenvalue weighted by Crippen LogP contribution is -2.08. The number of hydrogen-bond acceptors (Lipinski definition) is 1. The standard InChI is InChI=1S/C15H17ClN2/c1-11-6-7-14(12(8-11)9-16)18-10-17-13-4-2-3-5-15(13)18/h6-8,10H,2-5,9H2,1H3. The van der Waals surface area contributed by atoms with Gasteiger partial charge in [0.05, 0.1) is 17.7 Å². The molecule has 2 nitrogen and oxygen atoms in total. The summed E-state index contributed by atoms with van der Waals surface area (Å²) < 4.78 is 2.23. The molecule has 0 saturated carbocycles. The third kappa shape index (κ3) is 1.95. The van der Waals surface area contributed by atoms with Crippen molar-refractivity contribution in [1.29, 1.82) is 0 Å². The molecule has 0 spiro atoms. The van der Waals surface area contributed by atoms with E-state index in [2.05, 4.69) is 34.7 Å². The zero-order chi connectivity index (χ0) is 12.5. The van der Waals surface area contributed by atoms with Crippen LogP contribution < -0.4 is 0 Å². The zero-order valence-electron chi connectivity index (χ0n) is 10.6. The van der Waals surface area contributed by atoms with Gasteiger partial charge in [0.1, 0.15) is 0 Å². The molecule has 1 heterocycles. The number of imidazole rings is 1. The van der Waals surface area contributed by atoms with Gasteiger partial charge in [0.15, 0.2) is 0 Å². The lowest BCUT2D eigenvalue weighted by Gasteiger charge is -2.16. The highest BCUT2D eigenvalue weighted by atomic mass is 35.5. The van der Waals surface area contributed by atoms with Crippen LogP contribution in [0.25, 0.3) is 5.69 Å². The highest BCUT2D eigenvalue weighted by Crippen LogP contribution is 2.26. The van der Waals surface area contributed by atoms with E-state index in [4.69, 9.17) is 11.6 Å². The van der Waals surface area contributed by atoms with Gasteiger partial charge in [0, 0.05) is 11.6 Å². The second kappa shape index (κ2) is 4.77. The molecule has 0 atom stereocenters. The van der Waals surface area contributed by atoms with Crippen molar-refractivity contribution in [2.45, 2.75) is 38.5 Å². The molecule has 18 heavy (non-hydrogen) atoms. The second-order valence-electron chi connectivity index (χ2n) is 4.98. The lowest BCUT2D eigenvalue weighted by molar-refractivity contribution is 0.655. The third-order valence-corrected chi connectivity index (χ3v) is 3.96. The van der Waals surface area contributed by atoms with Crippen LogP contribution in [0.2, 0.25) is 0 Å². The fourth-order valence-electron chi connectivity index (χ4n) is 2.73. The number of alkyl halides is 1. The van der Waals surface area contributed by atoms with Crippen LogP contribution in [0.1, 0.15) is 35.4 Å². The Morgan fingerprint density at radius 3 is 2.94 bits per heavy atom. The van der Waals surface area contributed by atoms with Crippen molar-refractivity contribution in [2.75, 3.05) is 0 Å². The van der Waals surface area contributed by atoms with Crippen LogP contribution >= 0.6 is 11.6 Å². The van der Waals surface area contributed by atoms with Gasteiger partial charge in [-0.15, -0.1) is 11.6 Å². The van der Waals surface area contributed by atoms with Crippen LogP contribution in [0.4, 0.5) is 0 Å². The van der Waals surface area contributed by atoms with Crippen molar-refractivity contribution in [2.24, 2.45) is 0 Å². The fourth-order valence-corrected chi connectivity index (χ4v) is 2.95. The molecule has 2 aromatic rings. The molecule has 0 N–H and O–H groups in total. The van der Waals surface area contributed by atoms with Crippen molar-refractivity contribution < 1.29 is 0 Å². The van der Waals surface area contributed by atoms with E-state index >= 15 is 0 Å². The topological polar surface area (TPSA) is 17.8 Å². The number of nitrogens with zero attached hydrogens (tertiary/aromatic N) is 2. The van der Waals surface area contributed by atoms with Gasteiger partial charge in [-0.2, -0.15) is 0 Å². The van der Waals surface area contributed by atoms with E-state index in [9.17, 15) is 0 Å². The Hall–Kier alpha value is -1.28. The van der Waals surface area contributed by atoms with Crippen LogP contribution in [0.3, 0.4) is 0 Å². The van der Waals surface area contributed by atoms with Gasteiger partial charge >= 0.3 is 0 Å². The van der Waals surface area contributed by atoms with Gasteiger partial charge in [-0.1, -0.05) is 17.7 Å². The molecule has 0 saturated heterocycles. The molecule has 1 aliphatic carbocycles. The first-order valence-electron chi connectivity index (χ1n) is 6.50. The Morgan fingerprint density at radius 1 is 1.28 bits per heavy atom. The summed E-state index contributed by atoms with van der Waals surface area (Å²) >= 11 is 6.07. The van der Waals surface area contributed by atoms with E-state index in [1.54, 1.807) is 0 Å². The molecule has 3 rings (SSSR count). The van der Waals surface area contributed by atoms with E-state index in [-0.39, 0.29) is 0 Å². The summed E-state index contributed by atoms with van der Waals surface area (Å²) in [7, 11) is 0. The van der Waals surface area contributed by atoms with Crippen LogP contribution in [-0.4, -0.2) is 9.55 Å². The number of aromatic nitrogens is 2. The first-order chi connectivity index (χ1) is 8.79. The number of benzene rings is 1. The Kier molecular flexibility index (Phi) is 3.13. The lowest BCUT2D eigenvalue weighted by atomic mass is 10.0. The first-order valence-corrected chi connectivity index (χ1v) is 7.04. The van der Waals surface area contributed by atoms with Crippen LogP contribution in [0, 0.1) is 6.92 Å². The number of fused-ring (bicyclic) bond motifs is 1. The molecular formula is C15H17ClN2. The SMILES string of the molecule is Cc1ccc(-n2cnc3c2CCCC3)c(CCl)c1. The molecule has 94 valence electrons. The molecule has 0 fully saturated rings.